The SMILES string of the molecule is COCCC1(CN=C2NC(C)CC(C)S2)CC1. The second-order valence-electron chi connectivity index (χ2n) is 5.57. The number of methoxy groups -OCH3 is 1. The number of hydrogen-bond donors (Lipinski definition) is 1. The van der Waals surface area contributed by atoms with Crippen LogP contribution in [0.15, 0.2) is 4.99 Å². The summed E-state index contributed by atoms with van der Waals surface area (Å²) in [5.74, 6) is 0. The van der Waals surface area contributed by atoms with Crippen LogP contribution in [0.25, 0.3) is 0 Å². The molecule has 17 heavy (non-hydrogen) atoms. The van der Waals surface area contributed by atoms with E-state index in [9.17, 15) is 0 Å². The Morgan fingerprint density at radius 3 is 2.82 bits per heavy atom. The highest BCUT2D eigenvalue weighted by Crippen LogP contribution is 2.49. The second kappa shape index (κ2) is 5.61. The van der Waals surface area contributed by atoms with Crippen molar-refractivity contribution in [1.82, 2.24) is 5.32 Å². The Kier molecular flexibility index (Phi) is 4.36. The molecular weight excluding hydrogens is 232 g/mol. The topological polar surface area (TPSA) is 33.6 Å². The minimum Gasteiger partial charge on any atom is -0.385 e. The number of nitrogens with one attached hydrogen (secondary N) is 1. The zero-order valence-electron chi connectivity index (χ0n) is 11.2. The molecule has 0 aromatic heterocycles. The molecule has 0 bridgehead atoms. The largest absolute Gasteiger partial charge is 0.385 e. The van der Waals surface area contributed by atoms with Crippen molar-refractivity contribution < 1.29 is 4.74 Å². The van der Waals surface area contributed by atoms with E-state index in [1.165, 1.54) is 19.3 Å². The monoisotopic (exact) mass is 256 g/mol. The highest BCUT2D eigenvalue weighted by atomic mass is 32.2. The molecule has 1 saturated carbocycles. The van der Waals surface area contributed by atoms with Crippen molar-refractivity contribution in [3.8, 4) is 0 Å². The molecule has 1 aliphatic carbocycles. The maximum Gasteiger partial charge on any atom is 0.157 e. The summed E-state index contributed by atoms with van der Waals surface area (Å²) in [5, 5.41) is 5.33. The Morgan fingerprint density at radius 2 is 2.24 bits per heavy atom. The fraction of sp³-hybridized carbons (Fsp3) is 0.923. The van der Waals surface area contributed by atoms with Crippen LogP contribution < -0.4 is 5.32 Å². The maximum absolute atomic E-state index is 5.17. The van der Waals surface area contributed by atoms with E-state index < -0.39 is 0 Å². The molecule has 1 heterocycles. The molecule has 2 unspecified atom stereocenters. The van der Waals surface area contributed by atoms with E-state index in [4.69, 9.17) is 9.73 Å². The summed E-state index contributed by atoms with van der Waals surface area (Å²) in [7, 11) is 1.78. The van der Waals surface area contributed by atoms with Crippen LogP contribution in [0.2, 0.25) is 0 Å². The van der Waals surface area contributed by atoms with Crippen LogP contribution in [0, 0.1) is 5.41 Å². The van der Waals surface area contributed by atoms with E-state index >= 15 is 0 Å². The van der Waals surface area contributed by atoms with Gasteiger partial charge in [-0.15, -0.1) is 0 Å². The molecule has 0 aromatic carbocycles. The van der Waals surface area contributed by atoms with Gasteiger partial charge in [0.2, 0.25) is 0 Å². The molecule has 1 N–H and O–H groups in total. The summed E-state index contributed by atoms with van der Waals surface area (Å²) in [4.78, 5) is 4.78. The molecule has 1 aliphatic heterocycles. The first-order valence-corrected chi connectivity index (χ1v) is 7.48. The number of amidine groups is 1. The highest BCUT2D eigenvalue weighted by Gasteiger charge is 2.42. The summed E-state index contributed by atoms with van der Waals surface area (Å²) in [5.41, 5.74) is 0.467. The third kappa shape index (κ3) is 3.88. The zero-order valence-corrected chi connectivity index (χ0v) is 12.0. The van der Waals surface area contributed by atoms with Crippen LogP contribution in [0.4, 0.5) is 0 Å². The molecule has 2 rings (SSSR count). The first-order chi connectivity index (χ1) is 8.13. The van der Waals surface area contributed by atoms with E-state index in [-0.39, 0.29) is 0 Å². The lowest BCUT2D eigenvalue weighted by Crippen LogP contribution is -2.38. The molecular formula is C13H24N2OS. The summed E-state index contributed by atoms with van der Waals surface area (Å²) in [6, 6.07) is 0.569. The quantitative estimate of drug-likeness (QED) is 0.821. The van der Waals surface area contributed by atoms with Crippen molar-refractivity contribution >= 4 is 16.9 Å². The lowest BCUT2D eigenvalue weighted by molar-refractivity contribution is 0.174. The van der Waals surface area contributed by atoms with Gasteiger partial charge in [-0.25, -0.2) is 0 Å². The van der Waals surface area contributed by atoms with Crippen molar-refractivity contribution in [3.63, 3.8) is 0 Å². The first-order valence-electron chi connectivity index (χ1n) is 6.60. The molecule has 0 aromatic rings. The number of rotatable bonds is 5. The number of ether oxygens (including phenoxy) is 1. The molecule has 2 aliphatic rings. The van der Waals surface area contributed by atoms with E-state index in [2.05, 4.69) is 19.2 Å². The standard InChI is InChI=1S/C13H24N2OS/c1-10-8-11(2)17-12(15-10)14-9-13(4-5-13)6-7-16-3/h10-11H,4-9H2,1-3H3,(H,14,15). The van der Waals surface area contributed by atoms with Gasteiger partial charge in [0.05, 0.1) is 0 Å². The third-order valence-electron chi connectivity index (χ3n) is 3.72. The van der Waals surface area contributed by atoms with Crippen molar-refractivity contribution in [2.24, 2.45) is 10.4 Å². The summed E-state index contributed by atoms with van der Waals surface area (Å²) < 4.78 is 5.17. The van der Waals surface area contributed by atoms with E-state index in [0.29, 0.717) is 16.7 Å². The van der Waals surface area contributed by atoms with Gasteiger partial charge < -0.3 is 10.1 Å². The second-order valence-corrected chi connectivity index (χ2v) is 7.00. The van der Waals surface area contributed by atoms with Gasteiger partial charge in [-0.3, -0.25) is 4.99 Å². The number of hydrogen-bond acceptors (Lipinski definition) is 3. The average molecular weight is 256 g/mol. The van der Waals surface area contributed by atoms with E-state index in [1.807, 2.05) is 11.8 Å². The maximum atomic E-state index is 5.17. The summed E-state index contributed by atoms with van der Waals surface area (Å²) in [6.07, 6.45) is 5.04. The van der Waals surface area contributed by atoms with Gasteiger partial charge in [0, 0.05) is 31.6 Å². The molecule has 4 heteroatoms. The molecule has 2 fully saturated rings. The zero-order chi connectivity index (χ0) is 12.3. The number of nitrogens with zero attached hydrogens (tertiary/aromatic N) is 1. The van der Waals surface area contributed by atoms with Crippen LogP contribution in [0.5, 0.6) is 0 Å². The van der Waals surface area contributed by atoms with Crippen molar-refractivity contribution in [3.05, 3.63) is 0 Å². The van der Waals surface area contributed by atoms with Crippen molar-refractivity contribution in [2.75, 3.05) is 20.3 Å². The van der Waals surface area contributed by atoms with Crippen molar-refractivity contribution in [1.29, 1.82) is 0 Å². The highest BCUT2D eigenvalue weighted by molar-refractivity contribution is 8.14. The van der Waals surface area contributed by atoms with Gasteiger partial charge in [0.1, 0.15) is 0 Å². The minimum atomic E-state index is 0.467. The Balaban J connectivity index is 1.83. The molecule has 0 spiro atoms. The molecule has 2 atom stereocenters. The van der Waals surface area contributed by atoms with Gasteiger partial charge in [-0.05, 0) is 38.0 Å². The van der Waals surface area contributed by atoms with Gasteiger partial charge in [0.25, 0.3) is 0 Å². The molecule has 98 valence electrons. The van der Waals surface area contributed by atoms with Gasteiger partial charge in [-0.1, -0.05) is 18.7 Å². The van der Waals surface area contributed by atoms with Gasteiger partial charge in [0.15, 0.2) is 5.17 Å². The lowest BCUT2D eigenvalue weighted by atomic mass is 10.0. The fourth-order valence-electron chi connectivity index (χ4n) is 2.35. The van der Waals surface area contributed by atoms with Crippen molar-refractivity contribution in [2.45, 2.75) is 50.8 Å². The number of aliphatic imine (C=N–C) groups is 1. The molecule has 0 amide bonds. The third-order valence-corrected chi connectivity index (χ3v) is 4.78. The first kappa shape index (κ1) is 13.2. The van der Waals surface area contributed by atoms with E-state index in [1.54, 1.807) is 7.11 Å². The van der Waals surface area contributed by atoms with Gasteiger partial charge in [-0.2, -0.15) is 0 Å². The summed E-state index contributed by atoms with van der Waals surface area (Å²) >= 11 is 1.89. The molecule has 3 nitrogen and oxygen atoms in total. The number of thioether (sulfide) groups is 1. The Hall–Kier alpha value is -0.220. The molecule has 1 saturated heterocycles. The Bertz CT molecular complexity index is 277. The minimum absolute atomic E-state index is 0.467. The van der Waals surface area contributed by atoms with E-state index in [0.717, 1.165) is 24.7 Å². The Morgan fingerprint density at radius 1 is 1.47 bits per heavy atom. The van der Waals surface area contributed by atoms with Crippen LogP contribution >= 0.6 is 11.8 Å². The predicted molar refractivity (Wildman–Crippen MR) is 74.7 cm³/mol. The van der Waals surface area contributed by atoms with Crippen LogP contribution in [0.3, 0.4) is 0 Å². The molecule has 0 radical (unpaired) electrons. The van der Waals surface area contributed by atoms with Crippen LogP contribution in [0.1, 0.15) is 39.5 Å². The smallest absolute Gasteiger partial charge is 0.157 e. The summed E-state index contributed by atoms with van der Waals surface area (Å²) in [6.45, 7) is 6.38. The normalized spacial score (nSPS) is 33.5. The van der Waals surface area contributed by atoms with Crippen LogP contribution in [-0.4, -0.2) is 36.7 Å². The Labute approximate surface area is 109 Å². The lowest BCUT2D eigenvalue weighted by Gasteiger charge is -2.27. The van der Waals surface area contributed by atoms with Gasteiger partial charge >= 0.3 is 0 Å². The van der Waals surface area contributed by atoms with Crippen LogP contribution in [-0.2, 0) is 4.74 Å². The fourth-order valence-corrected chi connectivity index (χ4v) is 3.52. The predicted octanol–water partition coefficient (Wildman–Crippen LogP) is 2.66. The average Bonchev–Trinajstić information content (AvgIpc) is 3.03.